The van der Waals surface area contributed by atoms with Crippen LogP contribution in [-0.2, 0) is 11.3 Å². The van der Waals surface area contributed by atoms with Gasteiger partial charge in [0.2, 0.25) is 0 Å². The number of carboxylic acid groups (broad SMARTS) is 1. The smallest absolute Gasteiger partial charge is 0.325 e. The van der Waals surface area contributed by atoms with Crippen molar-refractivity contribution in [3.63, 3.8) is 0 Å². The molecular formula is C15H16N2O2. The maximum absolute atomic E-state index is 11.3. The van der Waals surface area contributed by atoms with Gasteiger partial charge in [-0.2, -0.15) is 0 Å². The summed E-state index contributed by atoms with van der Waals surface area (Å²) in [7, 11) is 0. The van der Waals surface area contributed by atoms with Crippen LogP contribution < -0.4 is 5.32 Å². The normalized spacial score (nSPS) is 12.1. The molecule has 2 rings (SSSR count). The Morgan fingerprint density at radius 1 is 1.32 bits per heavy atom. The molecule has 0 aliphatic carbocycles. The predicted octanol–water partition coefficient (Wildman–Crippen LogP) is 2.31. The lowest BCUT2D eigenvalue weighted by Gasteiger charge is -2.15. The Morgan fingerprint density at radius 3 is 2.68 bits per heavy atom. The zero-order chi connectivity index (χ0) is 13.7. The Labute approximate surface area is 112 Å². The lowest BCUT2D eigenvalue weighted by atomic mass is 10.1. The third-order valence-electron chi connectivity index (χ3n) is 3.01. The number of hydrogen-bond acceptors (Lipinski definition) is 3. The standard InChI is InChI=1S/C15H16N2O2/c1-11-9-16-8-7-13(11)10-17-14(15(18)19)12-5-3-2-4-6-12/h2-9,14,17H,10H2,1H3,(H,18,19). The number of pyridine rings is 1. The fourth-order valence-corrected chi connectivity index (χ4v) is 1.91. The van der Waals surface area contributed by atoms with E-state index in [4.69, 9.17) is 0 Å². The molecule has 0 aliphatic rings. The summed E-state index contributed by atoms with van der Waals surface area (Å²) >= 11 is 0. The summed E-state index contributed by atoms with van der Waals surface area (Å²) in [5.41, 5.74) is 2.85. The van der Waals surface area contributed by atoms with Crippen LogP contribution in [0.15, 0.2) is 48.8 Å². The third-order valence-corrected chi connectivity index (χ3v) is 3.01. The molecule has 0 saturated carbocycles. The molecule has 0 radical (unpaired) electrons. The minimum absolute atomic E-state index is 0.500. The lowest BCUT2D eigenvalue weighted by Crippen LogP contribution is -2.28. The van der Waals surface area contributed by atoms with Crippen molar-refractivity contribution in [2.24, 2.45) is 0 Å². The second-order valence-electron chi connectivity index (χ2n) is 4.36. The molecule has 98 valence electrons. The van der Waals surface area contributed by atoms with Gasteiger partial charge in [-0.1, -0.05) is 30.3 Å². The number of carboxylic acids is 1. The first-order chi connectivity index (χ1) is 9.18. The Hall–Kier alpha value is -2.20. The molecule has 19 heavy (non-hydrogen) atoms. The quantitative estimate of drug-likeness (QED) is 0.861. The predicted molar refractivity (Wildman–Crippen MR) is 72.6 cm³/mol. The fraction of sp³-hybridized carbons (Fsp3) is 0.200. The Kier molecular flexibility index (Phi) is 4.26. The summed E-state index contributed by atoms with van der Waals surface area (Å²) in [6, 6.07) is 10.4. The van der Waals surface area contributed by atoms with Crippen LogP contribution in [0.5, 0.6) is 0 Å². The summed E-state index contributed by atoms with van der Waals surface area (Å²) in [5, 5.41) is 12.4. The Bertz CT molecular complexity index is 555. The van der Waals surface area contributed by atoms with E-state index in [1.54, 1.807) is 12.4 Å². The summed E-state index contributed by atoms with van der Waals surface area (Å²) < 4.78 is 0. The van der Waals surface area contributed by atoms with Gasteiger partial charge in [-0.15, -0.1) is 0 Å². The number of benzene rings is 1. The van der Waals surface area contributed by atoms with Crippen LogP contribution in [-0.4, -0.2) is 16.1 Å². The van der Waals surface area contributed by atoms with Crippen LogP contribution in [0.4, 0.5) is 0 Å². The number of aliphatic carboxylic acids is 1. The van der Waals surface area contributed by atoms with Crippen molar-refractivity contribution >= 4 is 5.97 Å². The second kappa shape index (κ2) is 6.11. The van der Waals surface area contributed by atoms with Crippen LogP contribution in [0, 0.1) is 6.92 Å². The molecular weight excluding hydrogens is 240 g/mol. The van der Waals surface area contributed by atoms with Gasteiger partial charge in [0.05, 0.1) is 0 Å². The third kappa shape index (κ3) is 3.39. The molecule has 4 heteroatoms. The van der Waals surface area contributed by atoms with E-state index >= 15 is 0 Å². The highest BCUT2D eigenvalue weighted by Gasteiger charge is 2.18. The van der Waals surface area contributed by atoms with Gasteiger partial charge in [0.1, 0.15) is 6.04 Å². The topological polar surface area (TPSA) is 62.2 Å². The van der Waals surface area contributed by atoms with Crippen LogP contribution in [0.25, 0.3) is 0 Å². The van der Waals surface area contributed by atoms with E-state index < -0.39 is 12.0 Å². The van der Waals surface area contributed by atoms with Gasteiger partial charge in [0.25, 0.3) is 0 Å². The van der Waals surface area contributed by atoms with Crippen LogP contribution >= 0.6 is 0 Å². The zero-order valence-electron chi connectivity index (χ0n) is 10.7. The minimum Gasteiger partial charge on any atom is -0.480 e. The van der Waals surface area contributed by atoms with Crippen molar-refractivity contribution in [3.8, 4) is 0 Å². The van der Waals surface area contributed by atoms with E-state index in [9.17, 15) is 9.90 Å². The molecule has 1 unspecified atom stereocenters. The van der Waals surface area contributed by atoms with Crippen molar-refractivity contribution < 1.29 is 9.90 Å². The largest absolute Gasteiger partial charge is 0.480 e. The molecule has 0 amide bonds. The van der Waals surface area contributed by atoms with Crippen molar-refractivity contribution in [2.75, 3.05) is 0 Å². The molecule has 1 atom stereocenters. The molecule has 0 saturated heterocycles. The molecule has 0 spiro atoms. The number of aryl methyl sites for hydroxylation is 1. The van der Waals surface area contributed by atoms with Crippen molar-refractivity contribution in [1.29, 1.82) is 0 Å². The molecule has 1 aromatic carbocycles. The SMILES string of the molecule is Cc1cnccc1CNC(C(=O)O)c1ccccc1. The van der Waals surface area contributed by atoms with E-state index in [1.807, 2.05) is 43.3 Å². The number of aromatic nitrogens is 1. The van der Waals surface area contributed by atoms with Gasteiger partial charge < -0.3 is 5.11 Å². The lowest BCUT2D eigenvalue weighted by molar-refractivity contribution is -0.139. The van der Waals surface area contributed by atoms with Crippen molar-refractivity contribution in [1.82, 2.24) is 10.3 Å². The van der Waals surface area contributed by atoms with Crippen LogP contribution in [0.1, 0.15) is 22.7 Å². The van der Waals surface area contributed by atoms with E-state index in [-0.39, 0.29) is 0 Å². The first-order valence-electron chi connectivity index (χ1n) is 6.09. The van der Waals surface area contributed by atoms with E-state index in [0.717, 1.165) is 16.7 Å². The average Bonchev–Trinajstić information content (AvgIpc) is 2.42. The van der Waals surface area contributed by atoms with Gasteiger partial charge in [-0.3, -0.25) is 15.1 Å². The first-order valence-corrected chi connectivity index (χ1v) is 6.09. The molecule has 4 nitrogen and oxygen atoms in total. The van der Waals surface area contributed by atoms with Gasteiger partial charge >= 0.3 is 5.97 Å². The monoisotopic (exact) mass is 256 g/mol. The fourth-order valence-electron chi connectivity index (χ4n) is 1.91. The molecule has 2 N–H and O–H groups in total. The number of nitrogens with one attached hydrogen (secondary N) is 1. The molecule has 0 fully saturated rings. The maximum atomic E-state index is 11.3. The maximum Gasteiger partial charge on any atom is 0.325 e. The highest BCUT2D eigenvalue weighted by atomic mass is 16.4. The van der Waals surface area contributed by atoms with Gasteiger partial charge in [0.15, 0.2) is 0 Å². The number of rotatable bonds is 5. The molecule has 1 heterocycles. The van der Waals surface area contributed by atoms with Crippen LogP contribution in [0.2, 0.25) is 0 Å². The summed E-state index contributed by atoms with van der Waals surface area (Å²) in [6.45, 7) is 2.46. The average molecular weight is 256 g/mol. The number of nitrogens with zero attached hydrogens (tertiary/aromatic N) is 1. The molecule has 0 aliphatic heterocycles. The van der Waals surface area contributed by atoms with E-state index in [0.29, 0.717) is 6.54 Å². The number of hydrogen-bond donors (Lipinski definition) is 2. The molecule has 1 aromatic heterocycles. The second-order valence-corrected chi connectivity index (χ2v) is 4.36. The van der Waals surface area contributed by atoms with Crippen LogP contribution in [0.3, 0.4) is 0 Å². The molecule has 0 bridgehead atoms. The summed E-state index contributed by atoms with van der Waals surface area (Å²) in [6.07, 6.45) is 3.48. The highest BCUT2D eigenvalue weighted by molar-refractivity contribution is 5.75. The highest BCUT2D eigenvalue weighted by Crippen LogP contribution is 2.14. The van der Waals surface area contributed by atoms with E-state index in [2.05, 4.69) is 10.3 Å². The molecule has 2 aromatic rings. The van der Waals surface area contributed by atoms with Crippen molar-refractivity contribution in [2.45, 2.75) is 19.5 Å². The van der Waals surface area contributed by atoms with Gasteiger partial charge in [-0.25, -0.2) is 0 Å². The van der Waals surface area contributed by atoms with Crippen molar-refractivity contribution in [3.05, 3.63) is 65.5 Å². The van der Waals surface area contributed by atoms with E-state index in [1.165, 1.54) is 0 Å². The van der Waals surface area contributed by atoms with Gasteiger partial charge in [-0.05, 0) is 29.7 Å². The zero-order valence-corrected chi connectivity index (χ0v) is 10.7. The van der Waals surface area contributed by atoms with Gasteiger partial charge in [0, 0.05) is 18.9 Å². The summed E-state index contributed by atoms with van der Waals surface area (Å²) in [4.78, 5) is 15.4. The Balaban J connectivity index is 2.11. The summed E-state index contributed by atoms with van der Waals surface area (Å²) in [5.74, 6) is -0.877. The number of carbonyl (C=O) groups is 1. The minimum atomic E-state index is -0.877. The first kappa shape index (κ1) is 13.2. The Morgan fingerprint density at radius 2 is 2.05 bits per heavy atom.